The largest absolute Gasteiger partial charge is 0.384 e. The van der Waals surface area contributed by atoms with E-state index in [1.807, 2.05) is 0 Å². The number of allylic oxidation sites excluding steroid dienone is 1. The lowest BCUT2D eigenvalue weighted by molar-refractivity contribution is -0.453. The maximum absolute atomic E-state index is 13.7. The van der Waals surface area contributed by atoms with Crippen LogP contribution in [0.5, 0.6) is 0 Å². The van der Waals surface area contributed by atoms with Crippen molar-refractivity contribution in [1.29, 1.82) is 0 Å². The first-order valence-electron chi connectivity index (χ1n) is 9.50. The van der Waals surface area contributed by atoms with E-state index in [0.29, 0.717) is 12.8 Å². The Kier molecular flexibility index (Phi) is 9.53. The average Bonchev–Trinajstić information content (AvgIpc) is 2.66. The van der Waals surface area contributed by atoms with Crippen LogP contribution in [0.15, 0.2) is 12.7 Å². The molecule has 0 radical (unpaired) electrons. The highest BCUT2D eigenvalue weighted by molar-refractivity contribution is 5.16. The van der Waals surface area contributed by atoms with E-state index in [4.69, 9.17) is 0 Å². The van der Waals surface area contributed by atoms with Crippen molar-refractivity contribution < 1.29 is 70.2 Å². The summed E-state index contributed by atoms with van der Waals surface area (Å²) in [6.45, 7) is 4.02. The highest BCUT2D eigenvalue weighted by Crippen LogP contribution is 2.64. The van der Waals surface area contributed by atoms with Crippen LogP contribution in [0.2, 0.25) is 0 Å². The van der Waals surface area contributed by atoms with E-state index in [0.717, 1.165) is 0 Å². The molecule has 0 spiro atoms. The first-order valence-corrected chi connectivity index (χ1v) is 9.50. The quantitative estimate of drug-likeness (QED) is 0.111. The van der Waals surface area contributed by atoms with Gasteiger partial charge in [0, 0.05) is 12.8 Å². The van der Waals surface area contributed by atoms with Gasteiger partial charge in [0.05, 0.1) is 0 Å². The molecule has 0 aromatic rings. The van der Waals surface area contributed by atoms with E-state index < -0.39 is 66.6 Å². The van der Waals surface area contributed by atoms with Gasteiger partial charge in [-0.15, -0.1) is 6.58 Å². The summed E-state index contributed by atoms with van der Waals surface area (Å²) in [5.74, 6) is -60.5. The van der Waals surface area contributed by atoms with Crippen molar-refractivity contribution in [2.75, 3.05) is 0 Å². The van der Waals surface area contributed by atoms with Crippen LogP contribution in [0, 0.1) is 0 Å². The minimum atomic E-state index is -8.36. The van der Waals surface area contributed by atoms with E-state index in [9.17, 15) is 70.2 Å². The Labute approximate surface area is 183 Å². The molecule has 0 saturated heterocycles. The number of halogens is 16. The molecule has 0 amide bonds. The summed E-state index contributed by atoms with van der Waals surface area (Å²) in [7, 11) is 0. The zero-order valence-corrected chi connectivity index (χ0v) is 17.3. The van der Waals surface area contributed by atoms with E-state index in [1.165, 1.54) is 0 Å². The van der Waals surface area contributed by atoms with Gasteiger partial charge < -0.3 is 0 Å². The van der Waals surface area contributed by atoms with Crippen molar-refractivity contribution in [3.63, 3.8) is 0 Å². The molecular weight excluding hydrogens is 520 g/mol. The molecule has 0 bridgehead atoms. The molecule has 34 heavy (non-hydrogen) atoms. The molecule has 0 fully saturated rings. The maximum atomic E-state index is 13.7. The highest BCUT2D eigenvalue weighted by Gasteiger charge is 2.94. The van der Waals surface area contributed by atoms with Crippen LogP contribution in [-0.4, -0.2) is 47.4 Å². The number of rotatable bonds is 15. The van der Waals surface area contributed by atoms with E-state index in [1.54, 1.807) is 6.92 Å². The standard InChI is InChI=1S/C18H20F16/c1-3-5-6-7-8-10-12(21,22)14(25,26)16(29,30)18(33,34)17(31,32)15(27,28)13(23,24)11(19,20)9-4-2/h4H,2-3,5-10H2,1H3. The van der Waals surface area contributed by atoms with Crippen LogP contribution in [0.1, 0.15) is 51.9 Å². The molecule has 0 unspecified atom stereocenters. The smallest absolute Gasteiger partial charge is 0.200 e. The second-order valence-corrected chi connectivity index (χ2v) is 7.51. The fraction of sp³-hybridized carbons (Fsp3) is 0.889. The lowest BCUT2D eigenvalue weighted by atomic mass is 9.86. The summed E-state index contributed by atoms with van der Waals surface area (Å²) in [6.07, 6.45) is -5.46. The van der Waals surface area contributed by atoms with Gasteiger partial charge in [0.1, 0.15) is 0 Å². The average molecular weight is 540 g/mol. The summed E-state index contributed by atoms with van der Waals surface area (Å²) >= 11 is 0. The topological polar surface area (TPSA) is 0 Å². The monoisotopic (exact) mass is 540 g/mol. The molecule has 16 heteroatoms. The Hall–Kier alpha value is -1.38. The number of hydrogen-bond donors (Lipinski definition) is 0. The van der Waals surface area contributed by atoms with Crippen molar-refractivity contribution in [1.82, 2.24) is 0 Å². The van der Waals surface area contributed by atoms with Gasteiger partial charge >= 0.3 is 47.4 Å². The van der Waals surface area contributed by atoms with Gasteiger partial charge in [0.2, 0.25) is 0 Å². The lowest BCUT2D eigenvalue weighted by Crippen LogP contribution is -2.74. The maximum Gasteiger partial charge on any atom is 0.384 e. The third-order valence-electron chi connectivity index (χ3n) is 4.89. The second-order valence-electron chi connectivity index (χ2n) is 7.51. The van der Waals surface area contributed by atoms with Crippen molar-refractivity contribution in [3.05, 3.63) is 12.7 Å². The van der Waals surface area contributed by atoms with Crippen molar-refractivity contribution >= 4 is 0 Å². The molecular formula is C18H20F16. The fourth-order valence-electron chi connectivity index (χ4n) is 2.67. The Morgan fingerprint density at radius 3 is 1.15 bits per heavy atom. The van der Waals surface area contributed by atoms with Crippen LogP contribution in [-0.2, 0) is 0 Å². The molecule has 0 heterocycles. The Balaban J connectivity index is 6.36. The molecule has 0 aromatic heterocycles. The minimum Gasteiger partial charge on any atom is -0.200 e. The zero-order chi connectivity index (χ0) is 27.7. The molecule has 0 nitrogen and oxygen atoms in total. The van der Waals surface area contributed by atoms with Gasteiger partial charge in [-0.25, -0.2) is 0 Å². The van der Waals surface area contributed by atoms with Gasteiger partial charge in [-0.2, -0.15) is 70.2 Å². The minimum absolute atomic E-state index is 0.100. The van der Waals surface area contributed by atoms with Crippen LogP contribution in [0.3, 0.4) is 0 Å². The van der Waals surface area contributed by atoms with Crippen LogP contribution in [0.4, 0.5) is 70.2 Å². The Morgan fingerprint density at radius 1 is 0.471 bits per heavy atom. The lowest BCUT2D eigenvalue weighted by Gasteiger charge is -2.43. The van der Waals surface area contributed by atoms with E-state index in [2.05, 4.69) is 6.58 Å². The van der Waals surface area contributed by atoms with Crippen LogP contribution in [0.25, 0.3) is 0 Å². The van der Waals surface area contributed by atoms with Gasteiger partial charge in [0.15, 0.2) is 0 Å². The summed E-state index contributed by atoms with van der Waals surface area (Å²) in [6, 6.07) is 0. The van der Waals surface area contributed by atoms with Crippen molar-refractivity contribution in [3.8, 4) is 0 Å². The first-order chi connectivity index (χ1) is 14.9. The van der Waals surface area contributed by atoms with Gasteiger partial charge in [-0.1, -0.05) is 38.7 Å². The second kappa shape index (κ2) is 9.94. The summed E-state index contributed by atoms with van der Waals surface area (Å²) in [5.41, 5.74) is 0. The number of unbranched alkanes of at least 4 members (excludes halogenated alkanes) is 4. The molecule has 0 rings (SSSR count). The SMILES string of the molecule is C=CCC(F)(F)C(F)(F)C(F)(F)C(F)(F)C(F)(F)C(F)(F)C(F)(F)C(F)(F)CCCCCCC. The molecule has 0 aliphatic carbocycles. The Morgan fingerprint density at radius 2 is 0.794 bits per heavy atom. The highest BCUT2D eigenvalue weighted by atomic mass is 19.4. The molecule has 0 atom stereocenters. The van der Waals surface area contributed by atoms with Crippen molar-refractivity contribution in [2.24, 2.45) is 0 Å². The summed E-state index contributed by atoms with van der Waals surface area (Å²) in [4.78, 5) is 0. The number of alkyl halides is 16. The summed E-state index contributed by atoms with van der Waals surface area (Å²) < 4.78 is 217. The molecule has 0 aromatic carbocycles. The first kappa shape index (κ1) is 32.6. The predicted octanol–water partition coefficient (Wildman–Crippen LogP) is 9.01. The van der Waals surface area contributed by atoms with Gasteiger partial charge in [-0.05, 0) is 6.42 Å². The summed E-state index contributed by atoms with van der Waals surface area (Å²) in [5, 5.41) is 0. The van der Waals surface area contributed by atoms with Gasteiger partial charge in [0.25, 0.3) is 0 Å². The van der Waals surface area contributed by atoms with Crippen LogP contribution < -0.4 is 0 Å². The Bertz CT molecular complexity index is 679. The van der Waals surface area contributed by atoms with E-state index in [-0.39, 0.29) is 18.9 Å². The molecule has 0 aliphatic rings. The van der Waals surface area contributed by atoms with Crippen molar-refractivity contribution in [2.45, 2.75) is 99.2 Å². The third kappa shape index (κ3) is 4.96. The predicted molar refractivity (Wildman–Crippen MR) is 87.8 cm³/mol. The zero-order valence-electron chi connectivity index (χ0n) is 17.3. The molecule has 0 aliphatic heterocycles. The van der Waals surface area contributed by atoms with E-state index >= 15 is 0 Å². The number of hydrogen-bond acceptors (Lipinski definition) is 0. The molecule has 0 saturated carbocycles. The molecule has 0 N–H and O–H groups in total. The van der Waals surface area contributed by atoms with Gasteiger partial charge in [-0.3, -0.25) is 0 Å². The fourth-order valence-corrected chi connectivity index (χ4v) is 2.67. The van der Waals surface area contributed by atoms with Crippen LogP contribution >= 0.6 is 0 Å². The molecule has 204 valence electrons. The normalized spacial score (nSPS) is 15.6. The third-order valence-corrected chi connectivity index (χ3v) is 4.89.